The van der Waals surface area contributed by atoms with E-state index in [1.54, 1.807) is 17.9 Å². The van der Waals surface area contributed by atoms with Crippen molar-refractivity contribution in [1.82, 2.24) is 10.7 Å². The summed E-state index contributed by atoms with van der Waals surface area (Å²) in [6.45, 7) is 5.56. The number of nitrogens with zero attached hydrogens (tertiary/aromatic N) is 2. The molecule has 0 saturated carbocycles. The van der Waals surface area contributed by atoms with Crippen molar-refractivity contribution in [2.45, 2.75) is 31.6 Å². The first kappa shape index (κ1) is 21.6. The van der Waals surface area contributed by atoms with Gasteiger partial charge in [0.15, 0.2) is 5.84 Å². The van der Waals surface area contributed by atoms with Gasteiger partial charge in [-0.2, -0.15) is 18.3 Å². The van der Waals surface area contributed by atoms with Crippen molar-refractivity contribution < 1.29 is 37.0 Å². The van der Waals surface area contributed by atoms with Crippen molar-refractivity contribution >= 4 is 29.1 Å². The summed E-state index contributed by atoms with van der Waals surface area (Å²) >= 11 is 0. The molecule has 30 heavy (non-hydrogen) atoms. The summed E-state index contributed by atoms with van der Waals surface area (Å²) in [6, 6.07) is 2.63. The molecule has 9 nitrogen and oxygen atoms in total. The fraction of sp³-hybridized carbons (Fsp3) is 0.471. The Balaban J connectivity index is 0.000000318. The van der Waals surface area contributed by atoms with E-state index in [1.165, 1.54) is 6.07 Å². The number of hydrogen-bond acceptors (Lipinski definition) is 7. The number of rotatable bonds is 2. The molecule has 0 bridgehead atoms. The number of nitrogens with one attached hydrogen (secondary N) is 3. The minimum Gasteiger partial charge on any atom is -0.483 e. The molecule has 0 spiro atoms. The highest BCUT2D eigenvalue weighted by molar-refractivity contribution is 6.09. The van der Waals surface area contributed by atoms with Gasteiger partial charge in [-0.05, 0) is 19.9 Å². The predicted octanol–water partition coefficient (Wildman–Crippen LogP) is 1.26. The molecular formula is C17H19F4N5O4. The molecule has 3 heterocycles. The van der Waals surface area contributed by atoms with Gasteiger partial charge in [0.05, 0.1) is 16.9 Å². The molecule has 164 valence electrons. The van der Waals surface area contributed by atoms with E-state index < -0.39 is 18.2 Å². The molecule has 4 N–H and O–H groups in total. The van der Waals surface area contributed by atoms with Crippen molar-refractivity contribution in [3.05, 3.63) is 17.9 Å². The zero-order valence-electron chi connectivity index (χ0n) is 15.9. The third-order valence-corrected chi connectivity index (χ3v) is 4.71. The van der Waals surface area contributed by atoms with Crippen molar-refractivity contribution in [2.75, 3.05) is 29.9 Å². The predicted molar refractivity (Wildman–Crippen MR) is 98.0 cm³/mol. The summed E-state index contributed by atoms with van der Waals surface area (Å²) in [4.78, 5) is 22.6. The van der Waals surface area contributed by atoms with Crippen LogP contribution in [0.3, 0.4) is 0 Å². The Morgan fingerprint density at radius 3 is 2.57 bits per heavy atom. The third-order valence-electron chi connectivity index (χ3n) is 4.71. The van der Waals surface area contributed by atoms with E-state index in [1.807, 2.05) is 6.92 Å². The quantitative estimate of drug-likeness (QED) is 0.519. The highest BCUT2D eigenvalue weighted by Gasteiger charge is 2.38. The van der Waals surface area contributed by atoms with E-state index in [2.05, 4.69) is 21.2 Å². The lowest BCUT2D eigenvalue weighted by Crippen LogP contribution is -2.62. The molecule has 3 aliphatic rings. The smallest absolute Gasteiger partial charge is 0.483 e. The SMILES string of the molecule is CC1C(=O)NN=C2COc3cc(F)c(NC4(C)CNC4)cc3N21.O=C(O)C(F)(F)F. The number of carboxylic acids is 1. The summed E-state index contributed by atoms with van der Waals surface area (Å²) in [7, 11) is 0. The van der Waals surface area contributed by atoms with Crippen LogP contribution in [0, 0.1) is 5.82 Å². The zero-order chi connectivity index (χ0) is 22.3. The van der Waals surface area contributed by atoms with E-state index in [-0.39, 0.29) is 23.9 Å². The molecule has 1 unspecified atom stereocenters. The van der Waals surface area contributed by atoms with Crippen molar-refractivity contribution in [1.29, 1.82) is 0 Å². The van der Waals surface area contributed by atoms with Gasteiger partial charge in [0.1, 0.15) is 24.2 Å². The molecule has 3 aliphatic heterocycles. The van der Waals surface area contributed by atoms with Gasteiger partial charge in [-0.1, -0.05) is 0 Å². The maximum absolute atomic E-state index is 14.4. The maximum Gasteiger partial charge on any atom is 0.490 e. The highest BCUT2D eigenvalue weighted by atomic mass is 19.4. The summed E-state index contributed by atoms with van der Waals surface area (Å²) in [5.74, 6) is -2.29. The molecule has 0 aliphatic carbocycles. The normalized spacial score (nSPS) is 21.4. The van der Waals surface area contributed by atoms with E-state index in [4.69, 9.17) is 14.6 Å². The lowest BCUT2D eigenvalue weighted by atomic mass is 9.94. The largest absolute Gasteiger partial charge is 0.490 e. The fourth-order valence-electron chi connectivity index (χ4n) is 3.06. The Bertz CT molecular complexity index is 901. The lowest BCUT2D eigenvalue weighted by Gasteiger charge is -2.42. The maximum atomic E-state index is 14.4. The summed E-state index contributed by atoms with van der Waals surface area (Å²) < 4.78 is 51.7. The number of hydrazone groups is 1. The van der Waals surface area contributed by atoms with Gasteiger partial charge in [-0.3, -0.25) is 4.79 Å². The monoisotopic (exact) mass is 433 g/mol. The number of carbonyl (C=O) groups excluding carboxylic acids is 1. The molecule has 1 saturated heterocycles. The number of benzene rings is 1. The third kappa shape index (κ3) is 4.25. The first-order valence-electron chi connectivity index (χ1n) is 8.82. The standard InChI is InChI=1S/C15H18FN5O2.C2HF3O2/c1-8-14(22)20-19-13-5-23-12-3-9(16)10(4-11(12)21(8)13)18-15(2)6-17-7-15;3-2(4,5)1(6)7/h3-4,8,17-18H,5-7H2,1-2H3,(H,20,22);(H,6,7). The minimum atomic E-state index is -5.08. The molecular weight excluding hydrogens is 414 g/mol. The van der Waals surface area contributed by atoms with Gasteiger partial charge in [0.25, 0.3) is 5.91 Å². The van der Waals surface area contributed by atoms with Crippen LogP contribution in [0.4, 0.5) is 28.9 Å². The van der Waals surface area contributed by atoms with Crippen molar-refractivity contribution in [3.63, 3.8) is 0 Å². The van der Waals surface area contributed by atoms with Crippen LogP contribution in [-0.4, -0.2) is 60.3 Å². The molecule has 13 heteroatoms. The number of aliphatic carboxylic acids is 1. The van der Waals surface area contributed by atoms with Crippen LogP contribution in [0.25, 0.3) is 0 Å². The second-order valence-electron chi connectivity index (χ2n) is 7.23. The number of carboxylic acid groups (broad SMARTS) is 1. The van der Waals surface area contributed by atoms with Crippen LogP contribution in [-0.2, 0) is 9.59 Å². The number of carbonyl (C=O) groups is 2. The van der Waals surface area contributed by atoms with E-state index in [0.29, 0.717) is 23.0 Å². The van der Waals surface area contributed by atoms with Crippen LogP contribution in [0.5, 0.6) is 5.75 Å². The van der Waals surface area contributed by atoms with Crippen molar-refractivity contribution in [2.24, 2.45) is 5.10 Å². The lowest BCUT2D eigenvalue weighted by molar-refractivity contribution is -0.192. The minimum absolute atomic E-state index is 0.174. The topological polar surface area (TPSA) is 115 Å². The average molecular weight is 433 g/mol. The number of hydrogen-bond donors (Lipinski definition) is 4. The van der Waals surface area contributed by atoms with E-state index >= 15 is 0 Å². The van der Waals surface area contributed by atoms with Gasteiger partial charge in [0, 0.05) is 19.2 Å². The van der Waals surface area contributed by atoms with Gasteiger partial charge in [-0.15, -0.1) is 0 Å². The number of amidine groups is 1. The summed E-state index contributed by atoms with van der Waals surface area (Å²) in [6.07, 6.45) is -5.08. The van der Waals surface area contributed by atoms with E-state index in [0.717, 1.165) is 13.1 Å². The van der Waals surface area contributed by atoms with Gasteiger partial charge < -0.3 is 25.4 Å². The van der Waals surface area contributed by atoms with Gasteiger partial charge >= 0.3 is 12.1 Å². The molecule has 4 rings (SSSR count). The van der Waals surface area contributed by atoms with Gasteiger partial charge in [0.2, 0.25) is 0 Å². The number of fused-ring (bicyclic) bond motifs is 3. The van der Waals surface area contributed by atoms with Crippen LogP contribution < -0.4 is 25.7 Å². The second kappa shape index (κ2) is 7.63. The fourth-order valence-corrected chi connectivity index (χ4v) is 3.06. The zero-order valence-corrected chi connectivity index (χ0v) is 15.9. The molecule has 1 aromatic carbocycles. The van der Waals surface area contributed by atoms with Crippen LogP contribution in [0.15, 0.2) is 17.2 Å². The average Bonchev–Trinajstić information content (AvgIpc) is 2.63. The molecule has 1 atom stereocenters. The number of anilines is 2. The Hall–Kier alpha value is -3.09. The number of ether oxygens (including phenoxy) is 1. The van der Waals surface area contributed by atoms with Crippen LogP contribution in [0.1, 0.15) is 13.8 Å². The molecule has 1 amide bonds. The Morgan fingerprint density at radius 1 is 1.40 bits per heavy atom. The summed E-state index contributed by atoms with van der Waals surface area (Å²) in [5, 5.41) is 17.6. The number of alkyl halides is 3. The van der Waals surface area contributed by atoms with Crippen LogP contribution >= 0.6 is 0 Å². The van der Waals surface area contributed by atoms with Crippen LogP contribution in [0.2, 0.25) is 0 Å². The number of amides is 1. The summed E-state index contributed by atoms with van der Waals surface area (Å²) in [5.41, 5.74) is 3.35. The van der Waals surface area contributed by atoms with Gasteiger partial charge in [-0.25, -0.2) is 14.6 Å². The molecule has 1 aromatic rings. The second-order valence-corrected chi connectivity index (χ2v) is 7.23. The highest BCUT2D eigenvalue weighted by Crippen LogP contribution is 2.39. The Morgan fingerprint density at radius 2 is 2.03 bits per heavy atom. The molecule has 1 fully saturated rings. The molecule has 0 aromatic heterocycles. The first-order chi connectivity index (χ1) is 13.9. The van der Waals surface area contributed by atoms with Crippen molar-refractivity contribution in [3.8, 4) is 5.75 Å². The number of halogens is 4. The Kier molecular flexibility index (Phi) is 5.50. The van der Waals surface area contributed by atoms with E-state index in [9.17, 15) is 22.4 Å². The molecule has 0 radical (unpaired) electrons. The Labute approximate surface area is 168 Å². The first-order valence-corrected chi connectivity index (χ1v) is 8.82.